The number of carbonyl (C=O) groups excluding carboxylic acids is 1. The number of amides is 1. The predicted octanol–water partition coefficient (Wildman–Crippen LogP) is 4.21. The highest BCUT2D eigenvalue weighted by atomic mass is 32.1. The summed E-state index contributed by atoms with van der Waals surface area (Å²) >= 11 is 5.55. The average molecular weight is 435 g/mol. The lowest BCUT2D eigenvalue weighted by Crippen LogP contribution is -2.60. The highest BCUT2D eigenvalue weighted by Gasteiger charge is 2.52. The van der Waals surface area contributed by atoms with E-state index in [1.807, 2.05) is 0 Å². The number of nitrogens with zero attached hydrogens (tertiary/aromatic N) is 2. The number of hydrogen-bond donors (Lipinski definition) is 2. The number of para-hydroxylation sites is 1. The standard InChI is InChI=1S/C23H35FN4OS/c1-5-16(3)15-28-21(29)20(17(4)6-2)26-23(28)11-13-27(14-12-23)22(30)25-19-10-8-7-9-18(19)24/h7-10,16-17,20,26H,5-6,11-15H2,1-4H3,(H,25,30). The number of thiocarbonyl (C=S) groups is 1. The second-order valence-electron chi connectivity index (χ2n) is 8.90. The van der Waals surface area contributed by atoms with Crippen molar-refractivity contribution in [3.05, 3.63) is 30.1 Å². The first-order chi connectivity index (χ1) is 14.3. The fourth-order valence-corrected chi connectivity index (χ4v) is 4.68. The van der Waals surface area contributed by atoms with Gasteiger partial charge in [0.1, 0.15) is 5.82 Å². The molecule has 0 saturated carbocycles. The minimum atomic E-state index is -0.312. The largest absolute Gasteiger partial charge is 0.349 e. The van der Waals surface area contributed by atoms with Crippen LogP contribution in [-0.2, 0) is 4.79 Å². The molecule has 0 aliphatic carbocycles. The van der Waals surface area contributed by atoms with Crippen molar-refractivity contribution in [2.24, 2.45) is 11.8 Å². The van der Waals surface area contributed by atoms with Gasteiger partial charge in [0, 0.05) is 32.5 Å². The first-order valence-electron chi connectivity index (χ1n) is 11.2. The highest BCUT2D eigenvalue weighted by molar-refractivity contribution is 7.80. The van der Waals surface area contributed by atoms with Gasteiger partial charge in [-0.1, -0.05) is 52.7 Å². The van der Waals surface area contributed by atoms with Crippen molar-refractivity contribution in [1.29, 1.82) is 0 Å². The van der Waals surface area contributed by atoms with Gasteiger partial charge in [-0.2, -0.15) is 0 Å². The molecule has 2 saturated heterocycles. The Morgan fingerprint density at radius 1 is 1.27 bits per heavy atom. The Morgan fingerprint density at radius 2 is 1.93 bits per heavy atom. The molecule has 1 spiro atoms. The number of benzene rings is 1. The van der Waals surface area contributed by atoms with E-state index in [1.165, 1.54) is 6.07 Å². The van der Waals surface area contributed by atoms with Crippen molar-refractivity contribution in [3.8, 4) is 0 Å². The molecule has 166 valence electrons. The van der Waals surface area contributed by atoms with Crippen LogP contribution in [-0.4, -0.2) is 52.2 Å². The molecule has 2 fully saturated rings. The van der Waals surface area contributed by atoms with Crippen LogP contribution in [0.5, 0.6) is 0 Å². The first kappa shape index (κ1) is 22.9. The Balaban J connectivity index is 1.70. The van der Waals surface area contributed by atoms with Crippen LogP contribution in [0, 0.1) is 17.7 Å². The number of nitrogens with one attached hydrogen (secondary N) is 2. The summed E-state index contributed by atoms with van der Waals surface area (Å²) in [4.78, 5) is 17.5. The number of likely N-dealkylation sites (tertiary alicyclic amines) is 1. The van der Waals surface area contributed by atoms with Crippen LogP contribution in [0.1, 0.15) is 53.4 Å². The van der Waals surface area contributed by atoms with Crippen LogP contribution in [0.4, 0.5) is 10.1 Å². The molecule has 2 aliphatic rings. The molecule has 2 heterocycles. The van der Waals surface area contributed by atoms with Crippen LogP contribution >= 0.6 is 12.2 Å². The zero-order valence-corrected chi connectivity index (χ0v) is 19.4. The van der Waals surface area contributed by atoms with Crippen LogP contribution in [0.2, 0.25) is 0 Å². The molecule has 3 rings (SSSR count). The maximum atomic E-state index is 14.0. The van der Waals surface area contributed by atoms with Crippen molar-refractivity contribution in [2.45, 2.75) is 65.1 Å². The molecule has 5 nitrogen and oxygen atoms in total. The summed E-state index contributed by atoms with van der Waals surface area (Å²) in [6.45, 7) is 10.9. The number of piperidine rings is 1. The highest BCUT2D eigenvalue weighted by Crippen LogP contribution is 2.36. The Kier molecular flexibility index (Phi) is 7.34. The third kappa shape index (κ3) is 4.62. The minimum Gasteiger partial charge on any atom is -0.349 e. The van der Waals surface area contributed by atoms with Crippen molar-refractivity contribution in [2.75, 3.05) is 25.0 Å². The fraction of sp³-hybridized carbons (Fsp3) is 0.652. The lowest BCUT2D eigenvalue weighted by atomic mass is 9.94. The minimum absolute atomic E-state index is 0.117. The maximum Gasteiger partial charge on any atom is 0.241 e. The second kappa shape index (κ2) is 9.60. The van der Waals surface area contributed by atoms with Gasteiger partial charge in [0.2, 0.25) is 5.91 Å². The van der Waals surface area contributed by atoms with E-state index < -0.39 is 0 Å². The normalized spacial score (nSPS) is 23.0. The van der Waals surface area contributed by atoms with Crippen LogP contribution in [0.15, 0.2) is 24.3 Å². The molecule has 1 aromatic rings. The van der Waals surface area contributed by atoms with Crippen molar-refractivity contribution < 1.29 is 9.18 Å². The number of carbonyl (C=O) groups is 1. The fourth-order valence-electron chi connectivity index (χ4n) is 4.39. The Hall–Kier alpha value is -1.73. The molecule has 7 heteroatoms. The molecule has 1 aromatic carbocycles. The Morgan fingerprint density at radius 3 is 2.53 bits per heavy atom. The molecule has 3 unspecified atom stereocenters. The number of hydrogen-bond acceptors (Lipinski definition) is 3. The summed E-state index contributed by atoms with van der Waals surface area (Å²) in [5.41, 5.74) is 0.0887. The molecule has 1 amide bonds. The van der Waals surface area contributed by atoms with Gasteiger partial charge in [0.25, 0.3) is 0 Å². The predicted molar refractivity (Wildman–Crippen MR) is 124 cm³/mol. The van der Waals surface area contributed by atoms with E-state index in [4.69, 9.17) is 12.2 Å². The van der Waals surface area contributed by atoms with Crippen LogP contribution in [0.3, 0.4) is 0 Å². The average Bonchev–Trinajstić information content (AvgIpc) is 3.01. The van der Waals surface area contributed by atoms with Gasteiger partial charge in [0.15, 0.2) is 5.11 Å². The van der Waals surface area contributed by atoms with Crippen molar-refractivity contribution >= 4 is 28.9 Å². The monoisotopic (exact) mass is 434 g/mol. The van der Waals surface area contributed by atoms with E-state index in [0.29, 0.717) is 22.6 Å². The van der Waals surface area contributed by atoms with Gasteiger partial charge in [0.05, 0.1) is 17.4 Å². The summed E-state index contributed by atoms with van der Waals surface area (Å²) in [6, 6.07) is 6.45. The molecular weight excluding hydrogens is 399 g/mol. The second-order valence-corrected chi connectivity index (χ2v) is 9.29. The van der Waals surface area contributed by atoms with E-state index >= 15 is 0 Å². The third-order valence-electron chi connectivity index (χ3n) is 6.87. The maximum absolute atomic E-state index is 14.0. The summed E-state index contributed by atoms with van der Waals surface area (Å²) in [5.74, 6) is 0.695. The molecule has 2 N–H and O–H groups in total. The van der Waals surface area contributed by atoms with Gasteiger partial charge < -0.3 is 15.1 Å². The molecule has 30 heavy (non-hydrogen) atoms. The van der Waals surface area contributed by atoms with Crippen LogP contribution < -0.4 is 10.6 Å². The third-order valence-corrected chi connectivity index (χ3v) is 7.23. The Labute approximate surface area is 185 Å². The van der Waals surface area contributed by atoms with E-state index in [-0.39, 0.29) is 23.4 Å². The summed E-state index contributed by atoms with van der Waals surface area (Å²) in [7, 11) is 0. The number of rotatable bonds is 6. The molecule has 3 atom stereocenters. The van der Waals surface area contributed by atoms with E-state index in [1.54, 1.807) is 18.2 Å². The summed E-state index contributed by atoms with van der Waals surface area (Å²) in [5, 5.41) is 7.30. The van der Waals surface area contributed by atoms with Gasteiger partial charge in [-0.25, -0.2) is 4.39 Å². The number of anilines is 1. The summed E-state index contributed by atoms with van der Waals surface area (Å²) < 4.78 is 14.0. The van der Waals surface area contributed by atoms with Crippen LogP contribution in [0.25, 0.3) is 0 Å². The Bertz CT molecular complexity index is 765. The zero-order valence-electron chi connectivity index (χ0n) is 18.6. The lowest BCUT2D eigenvalue weighted by Gasteiger charge is -2.46. The number of halogens is 1. The zero-order chi connectivity index (χ0) is 21.9. The molecule has 0 aromatic heterocycles. The van der Waals surface area contributed by atoms with E-state index in [0.717, 1.165) is 45.3 Å². The molecule has 2 aliphatic heterocycles. The van der Waals surface area contributed by atoms with Gasteiger partial charge in [-0.15, -0.1) is 0 Å². The van der Waals surface area contributed by atoms with Gasteiger partial charge in [-0.05, 0) is 36.2 Å². The topological polar surface area (TPSA) is 47.6 Å². The SMILES string of the molecule is CCC(C)CN1C(=O)C(C(C)CC)NC12CCN(C(=S)Nc1ccccc1F)CC2. The quantitative estimate of drug-likeness (QED) is 0.657. The van der Waals surface area contributed by atoms with Gasteiger partial charge >= 0.3 is 0 Å². The molecule has 0 bridgehead atoms. The smallest absolute Gasteiger partial charge is 0.241 e. The van der Waals surface area contributed by atoms with E-state index in [9.17, 15) is 9.18 Å². The first-order valence-corrected chi connectivity index (χ1v) is 11.6. The lowest BCUT2D eigenvalue weighted by molar-refractivity contribution is -0.134. The molecular formula is C23H35FN4OS. The van der Waals surface area contributed by atoms with Crippen molar-refractivity contribution in [1.82, 2.24) is 15.1 Å². The summed E-state index contributed by atoms with van der Waals surface area (Å²) in [6.07, 6.45) is 3.64. The van der Waals surface area contributed by atoms with Crippen molar-refractivity contribution in [3.63, 3.8) is 0 Å². The van der Waals surface area contributed by atoms with Gasteiger partial charge in [-0.3, -0.25) is 10.1 Å². The van der Waals surface area contributed by atoms with E-state index in [2.05, 4.69) is 48.1 Å². The molecule has 0 radical (unpaired) electrons.